The van der Waals surface area contributed by atoms with Crippen LogP contribution in [0.5, 0.6) is 0 Å². The third-order valence-corrected chi connectivity index (χ3v) is 6.17. The molecule has 3 N–H and O–H groups in total. The fourth-order valence-corrected chi connectivity index (χ4v) is 4.31. The van der Waals surface area contributed by atoms with Gasteiger partial charge in [0, 0.05) is 24.8 Å². The molecular weight excluding hydrogens is 457 g/mol. The van der Waals surface area contributed by atoms with Gasteiger partial charge in [0.05, 0.1) is 18.5 Å². The van der Waals surface area contributed by atoms with Crippen LogP contribution in [0.3, 0.4) is 0 Å². The fourth-order valence-electron chi connectivity index (χ4n) is 4.17. The second kappa shape index (κ2) is 10.3. The number of hydrogen-bond acceptors (Lipinski definition) is 7. The van der Waals surface area contributed by atoms with Crippen molar-refractivity contribution >= 4 is 34.9 Å². The van der Waals surface area contributed by atoms with Gasteiger partial charge in [-0.3, -0.25) is 5.10 Å². The number of benzene rings is 1. The maximum absolute atomic E-state index is 15.1. The summed E-state index contributed by atoms with van der Waals surface area (Å²) >= 11 is 6.22. The SMILES string of the molecule is C=C(OCC)N1CCC(c2cc(F)c(Nc3ncc(Cl)c(Nc4cc(C)[nH]n4)n3)cc2C)CC1. The van der Waals surface area contributed by atoms with Gasteiger partial charge >= 0.3 is 0 Å². The van der Waals surface area contributed by atoms with E-state index >= 15 is 4.39 Å². The topological polar surface area (TPSA) is 91.0 Å². The summed E-state index contributed by atoms with van der Waals surface area (Å²) in [6.07, 6.45) is 3.30. The fraction of sp³-hybridized carbons (Fsp3) is 0.375. The van der Waals surface area contributed by atoms with E-state index in [1.807, 2.05) is 26.8 Å². The number of nitrogens with zero attached hydrogens (tertiary/aromatic N) is 4. The highest BCUT2D eigenvalue weighted by Gasteiger charge is 2.24. The number of halogens is 2. The first-order valence-electron chi connectivity index (χ1n) is 11.3. The number of rotatable bonds is 8. The average Bonchev–Trinajstić information content (AvgIpc) is 3.23. The minimum Gasteiger partial charge on any atom is -0.480 e. The van der Waals surface area contributed by atoms with Crippen LogP contribution < -0.4 is 10.6 Å². The van der Waals surface area contributed by atoms with Crippen LogP contribution in [0.2, 0.25) is 5.02 Å². The molecule has 0 atom stereocenters. The molecule has 8 nitrogen and oxygen atoms in total. The molecule has 0 unspecified atom stereocenters. The summed E-state index contributed by atoms with van der Waals surface area (Å²) < 4.78 is 20.6. The Morgan fingerprint density at radius 3 is 2.71 bits per heavy atom. The molecule has 1 aliphatic heterocycles. The second-order valence-corrected chi connectivity index (χ2v) is 8.76. The third kappa shape index (κ3) is 5.41. The molecule has 1 aliphatic rings. The summed E-state index contributed by atoms with van der Waals surface area (Å²) in [5.41, 5.74) is 3.25. The van der Waals surface area contributed by atoms with Crippen molar-refractivity contribution in [2.45, 2.75) is 39.5 Å². The van der Waals surface area contributed by atoms with Gasteiger partial charge in [0.25, 0.3) is 0 Å². The van der Waals surface area contributed by atoms with Gasteiger partial charge in [-0.1, -0.05) is 11.6 Å². The Labute approximate surface area is 203 Å². The van der Waals surface area contributed by atoms with Gasteiger partial charge in [0.1, 0.15) is 10.8 Å². The van der Waals surface area contributed by atoms with Crippen molar-refractivity contribution in [3.8, 4) is 0 Å². The van der Waals surface area contributed by atoms with E-state index in [0.29, 0.717) is 34.8 Å². The van der Waals surface area contributed by atoms with Crippen LogP contribution in [0.25, 0.3) is 0 Å². The molecule has 0 radical (unpaired) electrons. The number of likely N-dealkylation sites (tertiary alicyclic amines) is 1. The largest absolute Gasteiger partial charge is 0.480 e. The number of anilines is 4. The van der Waals surface area contributed by atoms with E-state index in [9.17, 15) is 0 Å². The smallest absolute Gasteiger partial charge is 0.229 e. The number of H-pyrrole nitrogens is 1. The van der Waals surface area contributed by atoms with Crippen molar-refractivity contribution in [3.05, 3.63) is 64.5 Å². The minimum atomic E-state index is -0.349. The summed E-state index contributed by atoms with van der Waals surface area (Å²) in [5, 5.41) is 13.3. The van der Waals surface area contributed by atoms with E-state index in [0.717, 1.165) is 42.8 Å². The Morgan fingerprint density at radius 2 is 2.03 bits per heavy atom. The molecular formula is C24H29ClFN7O. The van der Waals surface area contributed by atoms with Crippen LogP contribution in [0.15, 0.2) is 36.9 Å². The van der Waals surface area contributed by atoms with Crippen molar-refractivity contribution in [2.75, 3.05) is 30.3 Å². The normalized spacial score (nSPS) is 14.2. The molecule has 1 aromatic carbocycles. The number of aromatic amines is 1. The maximum atomic E-state index is 15.1. The molecule has 3 aromatic rings. The van der Waals surface area contributed by atoms with Crippen LogP contribution in [-0.4, -0.2) is 44.8 Å². The van der Waals surface area contributed by atoms with Gasteiger partial charge in [-0.25, -0.2) is 9.37 Å². The highest BCUT2D eigenvalue weighted by molar-refractivity contribution is 6.32. The van der Waals surface area contributed by atoms with Crippen molar-refractivity contribution in [3.63, 3.8) is 0 Å². The molecule has 0 aliphatic carbocycles. The zero-order valence-electron chi connectivity index (χ0n) is 19.6. The molecule has 10 heteroatoms. The Bertz CT molecular complexity index is 1170. The molecule has 1 fully saturated rings. The molecule has 3 heterocycles. The standard InChI is InChI=1S/C24H29ClFN7O/c1-5-34-16(4)33-8-6-17(7-9-33)18-12-20(26)21(10-14(18)2)28-24-27-13-19(25)23(30-24)29-22-11-15(3)31-32-22/h10-13,17H,4-9H2,1-3H3,(H3,27,28,29,30,31,32). The average molecular weight is 486 g/mol. The first-order chi connectivity index (χ1) is 16.3. The Kier molecular flexibility index (Phi) is 7.21. The predicted molar refractivity (Wildman–Crippen MR) is 132 cm³/mol. The summed E-state index contributed by atoms with van der Waals surface area (Å²) in [6, 6.07) is 5.25. The van der Waals surface area contributed by atoms with Crippen molar-refractivity contribution in [1.29, 1.82) is 0 Å². The van der Waals surface area contributed by atoms with Gasteiger partial charge in [-0.15, -0.1) is 0 Å². The molecule has 0 bridgehead atoms. The van der Waals surface area contributed by atoms with E-state index in [4.69, 9.17) is 16.3 Å². The molecule has 4 rings (SSSR count). The highest BCUT2D eigenvalue weighted by atomic mass is 35.5. The summed E-state index contributed by atoms with van der Waals surface area (Å²) in [4.78, 5) is 10.7. The number of hydrogen-bond donors (Lipinski definition) is 3. The quantitative estimate of drug-likeness (QED) is 0.348. The summed E-state index contributed by atoms with van der Waals surface area (Å²) in [6.45, 7) is 12.1. The number of aromatic nitrogens is 4. The lowest BCUT2D eigenvalue weighted by molar-refractivity contribution is 0.104. The molecule has 180 valence electrons. The highest BCUT2D eigenvalue weighted by Crippen LogP contribution is 2.34. The maximum Gasteiger partial charge on any atom is 0.229 e. The molecule has 0 amide bonds. The van der Waals surface area contributed by atoms with E-state index in [-0.39, 0.29) is 17.7 Å². The monoisotopic (exact) mass is 485 g/mol. The van der Waals surface area contributed by atoms with Crippen LogP contribution >= 0.6 is 11.6 Å². The van der Waals surface area contributed by atoms with Crippen LogP contribution in [0, 0.1) is 19.7 Å². The van der Waals surface area contributed by atoms with Gasteiger partial charge in [0.2, 0.25) is 5.95 Å². The number of piperidine rings is 1. The zero-order valence-corrected chi connectivity index (χ0v) is 20.3. The molecule has 0 spiro atoms. The van der Waals surface area contributed by atoms with Crippen molar-refractivity contribution in [1.82, 2.24) is 25.1 Å². The van der Waals surface area contributed by atoms with Gasteiger partial charge in [-0.05, 0) is 69.4 Å². The summed E-state index contributed by atoms with van der Waals surface area (Å²) in [7, 11) is 0. The lowest BCUT2D eigenvalue weighted by Gasteiger charge is -2.34. The number of ether oxygens (including phenoxy) is 1. The number of aryl methyl sites for hydroxylation is 2. The van der Waals surface area contributed by atoms with Gasteiger partial charge < -0.3 is 20.3 Å². The molecule has 2 aromatic heterocycles. The van der Waals surface area contributed by atoms with E-state index in [1.165, 1.54) is 6.20 Å². The van der Waals surface area contributed by atoms with Crippen LogP contribution in [-0.2, 0) is 4.74 Å². The Hall–Kier alpha value is -3.33. The molecule has 0 saturated carbocycles. The van der Waals surface area contributed by atoms with Gasteiger partial charge in [0.15, 0.2) is 17.5 Å². The molecule has 34 heavy (non-hydrogen) atoms. The second-order valence-electron chi connectivity index (χ2n) is 8.35. The van der Waals surface area contributed by atoms with Crippen molar-refractivity contribution < 1.29 is 9.13 Å². The first-order valence-corrected chi connectivity index (χ1v) is 11.7. The summed E-state index contributed by atoms with van der Waals surface area (Å²) in [5.74, 6) is 1.83. The van der Waals surface area contributed by atoms with Crippen LogP contribution in [0.1, 0.15) is 42.5 Å². The third-order valence-electron chi connectivity index (χ3n) is 5.90. The minimum absolute atomic E-state index is 0.230. The van der Waals surface area contributed by atoms with E-state index in [1.54, 1.807) is 12.1 Å². The first kappa shape index (κ1) is 23.8. The lowest BCUT2D eigenvalue weighted by Crippen LogP contribution is -2.33. The van der Waals surface area contributed by atoms with Gasteiger partial charge in [-0.2, -0.15) is 10.1 Å². The Morgan fingerprint density at radius 1 is 1.26 bits per heavy atom. The van der Waals surface area contributed by atoms with E-state index in [2.05, 4.69) is 42.3 Å². The lowest BCUT2D eigenvalue weighted by atomic mass is 9.86. The van der Waals surface area contributed by atoms with Crippen LogP contribution in [0.4, 0.5) is 27.7 Å². The Balaban J connectivity index is 1.46. The van der Waals surface area contributed by atoms with E-state index < -0.39 is 0 Å². The zero-order chi connectivity index (χ0) is 24.2. The predicted octanol–water partition coefficient (Wildman–Crippen LogP) is 5.78. The molecule has 1 saturated heterocycles. The van der Waals surface area contributed by atoms with Crippen molar-refractivity contribution in [2.24, 2.45) is 0 Å². The number of nitrogens with one attached hydrogen (secondary N) is 3.